The molecule has 3 heteroatoms. The molecule has 2 heterocycles. The highest BCUT2D eigenvalue weighted by molar-refractivity contribution is 6.92. The molecule has 0 saturated heterocycles. The molecule has 8 aromatic rings. The zero-order chi connectivity index (χ0) is 32.3. The third-order valence-electron chi connectivity index (χ3n) is 10.2. The molecule has 10 rings (SSSR count). The van der Waals surface area contributed by atoms with Gasteiger partial charge in [-0.2, -0.15) is 0 Å². The van der Waals surface area contributed by atoms with E-state index in [1.54, 1.807) is 0 Å². The highest BCUT2D eigenvalue weighted by Gasteiger charge is 2.42. The monoisotopic (exact) mass is 622 g/mol. The molecule has 0 N–H and O–H groups in total. The summed E-state index contributed by atoms with van der Waals surface area (Å²) in [7, 11) is 0. The van der Waals surface area contributed by atoms with Gasteiger partial charge >= 0.3 is 6.85 Å². The average Bonchev–Trinajstić information content (AvgIpc) is 3.18. The van der Waals surface area contributed by atoms with Gasteiger partial charge in [0.15, 0.2) is 0 Å². The van der Waals surface area contributed by atoms with Crippen molar-refractivity contribution in [1.82, 2.24) is 0 Å². The molecule has 2 nitrogen and oxygen atoms in total. The van der Waals surface area contributed by atoms with Crippen LogP contribution in [0.25, 0.3) is 44.2 Å². The standard InChI is InChI=1S/C46H31BN2/c1-3-16-34(17-4-1)48(35-18-5-2-6-19-35)36-27-29-46-42(31-36)40-22-10-12-25-44(40)47-43-24-11-9-21-39(43)41-30-33(26-28-45(41)49(46)47)38-23-13-15-32-14-7-8-20-37(32)38/h1-31H. The molecule has 0 aromatic heterocycles. The second-order valence-corrected chi connectivity index (χ2v) is 12.9. The van der Waals surface area contributed by atoms with Crippen LogP contribution in [0.5, 0.6) is 0 Å². The van der Waals surface area contributed by atoms with Gasteiger partial charge in [0.2, 0.25) is 0 Å². The minimum atomic E-state index is 0.0704. The number of hydrogen-bond donors (Lipinski definition) is 0. The molecule has 8 aromatic carbocycles. The molecule has 0 saturated carbocycles. The number of anilines is 5. The van der Waals surface area contributed by atoms with Crippen molar-refractivity contribution in [3.05, 3.63) is 188 Å². The molecular weight excluding hydrogens is 591 g/mol. The Hall–Kier alpha value is -6.32. The van der Waals surface area contributed by atoms with Crippen molar-refractivity contribution >= 4 is 57.0 Å². The Morgan fingerprint density at radius 2 is 0.898 bits per heavy atom. The molecular formula is C46H31BN2. The summed E-state index contributed by atoms with van der Waals surface area (Å²) in [5, 5.41) is 2.54. The Morgan fingerprint density at radius 3 is 1.59 bits per heavy atom. The van der Waals surface area contributed by atoms with E-state index in [9.17, 15) is 0 Å². The molecule has 0 aliphatic carbocycles. The molecule has 0 amide bonds. The predicted octanol–water partition coefficient (Wildman–Crippen LogP) is 10.9. The normalized spacial score (nSPS) is 12.4. The second-order valence-electron chi connectivity index (χ2n) is 12.9. The van der Waals surface area contributed by atoms with Gasteiger partial charge in [-0.15, -0.1) is 0 Å². The molecule has 0 bridgehead atoms. The Morgan fingerprint density at radius 1 is 0.367 bits per heavy atom. The van der Waals surface area contributed by atoms with Gasteiger partial charge < -0.3 is 9.71 Å². The van der Waals surface area contributed by atoms with Gasteiger partial charge in [-0.05, 0) is 98.5 Å². The maximum absolute atomic E-state index is 2.58. The lowest BCUT2D eigenvalue weighted by Gasteiger charge is -2.43. The van der Waals surface area contributed by atoms with Gasteiger partial charge in [-0.3, -0.25) is 0 Å². The molecule has 0 radical (unpaired) electrons. The lowest BCUT2D eigenvalue weighted by atomic mass is 9.43. The second kappa shape index (κ2) is 11.1. The SMILES string of the molecule is c1ccc(N(c2ccccc2)c2ccc3c(c2)-c2ccccc2B2c4ccccc4-c4cc(-c5cccc6ccccc56)ccc4N23)cc1. The number of hydrogen-bond acceptors (Lipinski definition) is 2. The first-order valence-electron chi connectivity index (χ1n) is 17.0. The maximum atomic E-state index is 2.58. The molecule has 2 aliphatic heterocycles. The van der Waals surface area contributed by atoms with Crippen molar-refractivity contribution in [2.24, 2.45) is 0 Å². The summed E-state index contributed by atoms with van der Waals surface area (Å²) < 4.78 is 0. The van der Waals surface area contributed by atoms with E-state index in [2.05, 4.69) is 198 Å². The van der Waals surface area contributed by atoms with E-state index in [4.69, 9.17) is 0 Å². The fourth-order valence-corrected chi connectivity index (χ4v) is 8.11. The molecule has 0 unspecified atom stereocenters. The third kappa shape index (κ3) is 4.36. The first-order valence-corrected chi connectivity index (χ1v) is 17.0. The first-order chi connectivity index (χ1) is 24.3. The van der Waals surface area contributed by atoms with E-state index >= 15 is 0 Å². The van der Waals surface area contributed by atoms with Crippen LogP contribution in [0, 0.1) is 0 Å². The highest BCUT2D eigenvalue weighted by atomic mass is 15.1. The molecule has 2 aliphatic rings. The Balaban J connectivity index is 1.19. The van der Waals surface area contributed by atoms with Crippen LogP contribution in [0.4, 0.5) is 28.4 Å². The molecule has 0 spiro atoms. The van der Waals surface area contributed by atoms with Crippen molar-refractivity contribution in [2.75, 3.05) is 9.71 Å². The van der Waals surface area contributed by atoms with Gasteiger partial charge in [0.1, 0.15) is 0 Å². The van der Waals surface area contributed by atoms with Crippen LogP contribution < -0.4 is 20.6 Å². The Kier molecular flexibility index (Phi) is 6.31. The number of rotatable bonds is 4. The Labute approximate surface area is 287 Å². The molecule has 0 fully saturated rings. The molecule has 49 heavy (non-hydrogen) atoms. The maximum Gasteiger partial charge on any atom is 0.329 e. The zero-order valence-corrected chi connectivity index (χ0v) is 26.9. The van der Waals surface area contributed by atoms with E-state index in [1.807, 2.05) is 0 Å². The van der Waals surface area contributed by atoms with Crippen LogP contribution in [0.1, 0.15) is 0 Å². The van der Waals surface area contributed by atoms with Crippen LogP contribution in [0.2, 0.25) is 0 Å². The summed E-state index contributed by atoms with van der Waals surface area (Å²) in [5.41, 5.74) is 16.1. The highest BCUT2D eigenvalue weighted by Crippen LogP contribution is 2.49. The van der Waals surface area contributed by atoms with Crippen LogP contribution in [0.3, 0.4) is 0 Å². The van der Waals surface area contributed by atoms with Crippen molar-refractivity contribution in [3.63, 3.8) is 0 Å². The van der Waals surface area contributed by atoms with Crippen LogP contribution in [-0.4, -0.2) is 6.85 Å². The smallest absolute Gasteiger partial charge is 0.329 e. The van der Waals surface area contributed by atoms with E-state index in [0.717, 1.165) is 17.1 Å². The minimum absolute atomic E-state index is 0.0704. The lowest BCUT2D eigenvalue weighted by Crippen LogP contribution is -2.59. The van der Waals surface area contributed by atoms with Gasteiger partial charge in [-0.1, -0.05) is 133 Å². The largest absolute Gasteiger partial charge is 0.376 e. The van der Waals surface area contributed by atoms with Gasteiger partial charge in [0.25, 0.3) is 0 Å². The quantitative estimate of drug-likeness (QED) is 0.180. The Bertz CT molecular complexity index is 2480. The van der Waals surface area contributed by atoms with Crippen molar-refractivity contribution in [2.45, 2.75) is 0 Å². The van der Waals surface area contributed by atoms with Crippen LogP contribution in [-0.2, 0) is 0 Å². The molecule has 0 atom stereocenters. The van der Waals surface area contributed by atoms with Gasteiger partial charge in [0, 0.05) is 39.6 Å². The summed E-state index contributed by atoms with van der Waals surface area (Å²) in [6.45, 7) is 0.0704. The van der Waals surface area contributed by atoms with Crippen LogP contribution in [0.15, 0.2) is 188 Å². The number of nitrogens with zero attached hydrogens (tertiary/aromatic N) is 2. The molecule has 228 valence electrons. The summed E-state index contributed by atoms with van der Waals surface area (Å²) in [6, 6.07) is 68.7. The predicted molar refractivity (Wildman–Crippen MR) is 209 cm³/mol. The van der Waals surface area contributed by atoms with E-state index in [0.29, 0.717) is 0 Å². The summed E-state index contributed by atoms with van der Waals surface area (Å²) in [4.78, 5) is 4.94. The lowest BCUT2D eigenvalue weighted by molar-refractivity contribution is 1.27. The van der Waals surface area contributed by atoms with Gasteiger partial charge in [0.05, 0.1) is 0 Å². The summed E-state index contributed by atoms with van der Waals surface area (Å²) in [5.74, 6) is 0. The topological polar surface area (TPSA) is 6.48 Å². The van der Waals surface area contributed by atoms with Crippen molar-refractivity contribution in [1.29, 1.82) is 0 Å². The van der Waals surface area contributed by atoms with Crippen LogP contribution >= 0.6 is 0 Å². The van der Waals surface area contributed by atoms with Crippen molar-refractivity contribution < 1.29 is 0 Å². The summed E-state index contributed by atoms with van der Waals surface area (Å²) in [6.07, 6.45) is 0. The third-order valence-corrected chi connectivity index (χ3v) is 10.2. The minimum Gasteiger partial charge on any atom is -0.376 e. The van der Waals surface area contributed by atoms with E-state index < -0.39 is 0 Å². The van der Waals surface area contributed by atoms with E-state index in [-0.39, 0.29) is 6.85 Å². The summed E-state index contributed by atoms with van der Waals surface area (Å²) >= 11 is 0. The number of benzene rings is 8. The fraction of sp³-hybridized carbons (Fsp3) is 0. The fourth-order valence-electron chi connectivity index (χ4n) is 8.11. The van der Waals surface area contributed by atoms with E-state index in [1.165, 1.54) is 66.5 Å². The number of fused-ring (bicyclic) bond motifs is 12. The first kappa shape index (κ1) is 27.8. The average molecular weight is 623 g/mol. The van der Waals surface area contributed by atoms with Gasteiger partial charge in [-0.25, -0.2) is 0 Å². The zero-order valence-electron chi connectivity index (χ0n) is 26.9. The number of para-hydroxylation sites is 2. The van der Waals surface area contributed by atoms with Crippen molar-refractivity contribution in [3.8, 4) is 33.4 Å².